The van der Waals surface area contributed by atoms with Crippen molar-refractivity contribution in [2.24, 2.45) is 5.73 Å². The number of halogens is 6. The second-order valence-corrected chi connectivity index (χ2v) is 3.35. The van der Waals surface area contributed by atoms with Crippen molar-refractivity contribution in [3.05, 3.63) is 22.9 Å². The van der Waals surface area contributed by atoms with Gasteiger partial charge in [0, 0.05) is 12.2 Å². The second-order valence-electron chi connectivity index (χ2n) is 3.35. The predicted octanol–water partition coefficient (Wildman–Crippen LogP) is 2.77. The molecule has 9 heteroatoms. The summed E-state index contributed by atoms with van der Waals surface area (Å²) in [6.45, 7) is 0.662. The smallest absolute Gasteiger partial charge is 0.387 e. The lowest BCUT2D eigenvalue weighted by Gasteiger charge is -2.17. The number of hydrogen-bond acceptors (Lipinski definition) is 3. The topological polar surface area (TPSA) is 48.1 Å². The van der Waals surface area contributed by atoms with Gasteiger partial charge in [-0.25, -0.2) is 4.98 Å². The van der Waals surface area contributed by atoms with Crippen molar-refractivity contribution in [3.63, 3.8) is 0 Å². The fourth-order valence-corrected chi connectivity index (χ4v) is 1.36. The standard InChI is InChI=1S/C9H8F6N2O/c1-4-2-5(3-16)6(8(10,11)12)7(17-4)18-9(13,14)15/h2H,3,16H2,1H3. The number of hydrogen-bond donors (Lipinski definition) is 1. The van der Waals surface area contributed by atoms with E-state index in [4.69, 9.17) is 5.73 Å². The molecule has 1 aromatic rings. The van der Waals surface area contributed by atoms with Crippen molar-refractivity contribution in [1.82, 2.24) is 4.98 Å². The maximum Gasteiger partial charge on any atom is 0.574 e. The Kier molecular flexibility index (Phi) is 3.75. The molecule has 102 valence electrons. The Morgan fingerprint density at radius 1 is 1.22 bits per heavy atom. The monoisotopic (exact) mass is 274 g/mol. The lowest BCUT2D eigenvalue weighted by molar-refractivity contribution is -0.278. The van der Waals surface area contributed by atoms with Crippen molar-refractivity contribution in [1.29, 1.82) is 0 Å². The quantitative estimate of drug-likeness (QED) is 0.843. The molecule has 0 atom stereocenters. The molecule has 0 radical (unpaired) electrons. The minimum absolute atomic E-state index is 0.0531. The zero-order valence-corrected chi connectivity index (χ0v) is 8.99. The van der Waals surface area contributed by atoms with Crippen LogP contribution >= 0.6 is 0 Å². The van der Waals surface area contributed by atoms with Crippen molar-refractivity contribution in [3.8, 4) is 5.88 Å². The molecule has 3 nitrogen and oxygen atoms in total. The van der Waals surface area contributed by atoms with Gasteiger partial charge in [-0.3, -0.25) is 0 Å². The van der Waals surface area contributed by atoms with Crippen molar-refractivity contribution >= 4 is 0 Å². The molecular formula is C9H8F6N2O. The number of aryl methyl sites for hydroxylation is 1. The molecule has 0 amide bonds. The largest absolute Gasteiger partial charge is 0.574 e. The highest BCUT2D eigenvalue weighted by Crippen LogP contribution is 2.39. The minimum Gasteiger partial charge on any atom is -0.387 e. The first-order chi connectivity index (χ1) is 8.04. The maximum atomic E-state index is 12.7. The molecule has 1 heterocycles. The van der Waals surface area contributed by atoms with Gasteiger partial charge in [0.15, 0.2) is 0 Å². The highest BCUT2D eigenvalue weighted by molar-refractivity contribution is 5.39. The number of nitrogens with zero attached hydrogens (tertiary/aromatic N) is 1. The van der Waals surface area contributed by atoms with Crippen molar-refractivity contribution in [2.75, 3.05) is 0 Å². The Balaban J connectivity index is 3.43. The molecule has 0 bridgehead atoms. The SMILES string of the molecule is Cc1cc(CN)c(C(F)(F)F)c(OC(F)(F)F)n1. The highest BCUT2D eigenvalue weighted by Gasteiger charge is 2.42. The van der Waals surface area contributed by atoms with Gasteiger partial charge in [0.05, 0.1) is 0 Å². The Morgan fingerprint density at radius 3 is 2.17 bits per heavy atom. The van der Waals surface area contributed by atoms with Gasteiger partial charge in [-0.05, 0) is 18.6 Å². The number of alkyl halides is 6. The van der Waals surface area contributed by atoms with Crippen LogP contribution in [0.4, 0.5) is 26.3 Å². The first kappa shape index (κ1) is 14.6. The van der Waals surface area contributed by atoms with Crippen LogP contribution < -0.4 is 10.5 Å². The van der Waals surface area contributed by atoms with Crippen LogP contribution in [0.15, 0.2) is 6.07 Å². The van der Waals surface area contributed by atoms with E-state index in [1.807, 2.05) is 0 Å². The van der Waals surface area contributed by atoms with E-state index in [0.29, 0.717) is 0 Å². The lowest BCUT2D eigenvalue weighted by atomic mass is 10.1. The predicted molar refractivity (Wildman–Crippen MR) is 48.6 cm³/mol. The van der Waals surface area contributed by atoms with E-state index in [-0.39, 0.29) is 5.69 Å². The van der Waals surface area contributed by atoms with Crippen LogP contribution in [0.2, 0.25) is 0 Å². The molecule has 2 N–H and O–H groups in total. The molecule has 0 aromatic carbocycles. The summed E-state index contributed by atoms with van der Waals surface area (Å²) < 4.78 is 77.3. The number of aromatic nitrogens is 1. The van der Waals surface area contributed by atoms with E-state index >= 15 is 0 Å². The van der Waals surface area contributed by atoms with Crippen LogP contribution in [0.5, 0.6) is 5.88 Å². The fraction of sp³-hybridized carbons (Fsp3) is 0.444. The van der Waals surface area contributed by atoms with Gasteiger partial charge in [-0.1, -0.05) is 0 Å². The molecule has 0 saturated carbocycles. The molecule has 0 aliphatic carbocycles. The first-order valence-electron chi connectivity index (χ1n) is 4.58. The van der Waals surface area contributed by atoms with Gasteiger partial charge in [-0.2, -0.15) is 13.2 Å². The molecule has 0 unspecified atom stereocenters. The van der Waals surface area contributed by atoms with E-state index < -0.39 is 36.1 Å². The summed E-state index contributed by atoms with van der Waals surface area (Å²) in [5.74, 6) is -1.53. The van der Waals surface area contributed by atoms with Gasteiger partial charge < -0.3 is 10.5 Å². The Hall–Kier alpha value is -1.51. The second kappa shape index (κ2) is 4.63. The third-order valence-corrected chi connectivity index (χ3v) is 1.91. The molecule has 0 fully saturated rings. The van der Waals surface area contributed by atoms with Crippen molar-refractivity contribution < 1.29 is 31.1 Å². The summed E-state index contributed by atoms with van der Waals surface area (Å²) in [6, 6.07) is 0.964. The molecule has 0 spiro atoms. The minimum atomic E-state index is -5.26. The maximum absolute atomic E-state index is 12.7. The van der Waals surface area contributed by atoms with E-state index in [0.717, 1.165) is 6.07 Å². The molecular weight excluding hydrogens is 266 g/mol. The average molecular weight is 274 g/mol. The summed E-state index contributed by atoms with van der Waals surface area (Å²) in [6.07, 6.45) is -10.3. The molecule has 1 rings (SSSR count). The number of nitrogens with two attached hydrogens (primary N) is 1. The zero-order valence-electron chi connectivity index (χ0n) is 8.99. The zero-order chi connectivity index (χ0) is 14.1. The number of rotatable bonds is 2. The molecule has 0 aliphatic heterocycles. The Labute approximate surface area is 97.6 Å². The summed E-state index contributed by atoms with van der Waals surface area (Å²) in [5, 5.41) is 0. The van der Waals surface area contributed by atoms with Crippen LogP contribution in [0, 0.1) is 6.92 Å². The van der Waals surface area contributed by atoms with E-state index in [9.17, 15) is 26.3 Å². The van der Waals surface area contributed by atoms with Gasteiger partial charge in [0.25, 0.3) is 0 Å². The fourth-order valence-electron chi connectivity index (χ4n) is 1.36. The van der Waals surface area contributed by atoms with Crippen molar-refractivity contribution in [2.45, 2.75) is 26.0 Å². The van der Waals surface area contributed by atoms with Crippen LogP contribution in [0.1, 0.15) is 16.8 Å². The first-order valence-corrected chi connectivity index (χ1v) is 4.58. The highest BCUT2D eigenvalue weighted by atomic mass is 19.4. The average Bonchev–Trinajstić information content (AvgIpc) is 2.11. The van der Waals surface area contributed by atoms with Crippen LogP contribution in [-0.2, 0) is 12.7 Å². The Bertz CT molecular complexity index is 440. The molecule has 0 aliphatic rings. The number of ether oxygens (including phenoxy) is 1. The van der Waals surface area contributed by atoms with E-state index in [2.05, 4.69) is 9.72 Å². The van der Waals surface area contributed by atoms with Crippen LogP contribution in [0.3, 0.4) is 0 Å². The normalized spacial score (nSPS) is 12.7. The third kappa shape index (κ3) is 3.49. The third-order valence-electron chi connectivity index (χ3n) is 1.91. The summed E-state index contributed by atoms with van der Waals surface area (Å²) in [7, 11) is 0. The van der Waals surface area contributed by atoms with Gasteiger partial charge in [0.1, 0.15) is 5.56 Å². The van der Waals surface area contributed by atoms with E-state index in [1.165, 1.54) is 6.92 Å². The summed E-state index contributed by atoms with van der Waals surface area (Å²) >= 11 is 0. The van der Waals surface area contributed by atoms with E-state index in [1.54, 1.807) is 0 Å². The van der Waals surface area contributed by atoms with Gasteiger partial charge >= 0.3 is 12.5 Å². The molecule has 0 saturated heterocycles. The van der Waals surface area contributed by atoms with Crippen LogP contribution in [-0.4, -0.2) is 11.3 Å². The Morgan fingerprint density at radius 2 is 1.78 bits per heavy atom. The molecule has 18 heavy (non-hydrogen) atoms. The van der Waals surface area contributed by atoms with Gasteiger partial charge in [0.2, 0.25) is 5.88 Å². The number of pyridine rings is 1. The lowest BCUT2D eigenvalue weighted by Crippen LogP contribution is -2.23. The van der Waals surface area contributed by atoms with Gasteiger partial charge in [-0.15, -0.1) is 13.2 Å². The van der Waals surface area contributed by atoms with Crippen LogP contribution in [0.25, 0.3) is 0 Å². The molecule has 1 aromatic heterocycles. The summed E-state index contributed by atoms with van der Waals surface area (Å²) in [5.41, 5.74) is 2.92. The summed E-state index contributed by atoms with van der Waals surface area (Å²) in [4.78, 5) is 3.12.